The Hall–Kier alpha value is -3.85. The van der Waals surface area contributed by atoms with Gasteiger partial charge in [0.1, 0.15) is 17.1 Å². The van der Waals surface area contributed by atoms with Crippen LogP contribution < -0.4 is 5.43 Å². The Morgan fingerprint density at radius 1 is 1.03 bits per heavy atom. The maximum atomic E-state index is 12.3. The summed E-state index contributed by atoms with van der Waals surface area (Å²) in [5, 5.41) is 21.5. The van der Waals surface area contributed by atoms with E-state index in [1.807, 2.05) is 18.2 Å². The third-order valence-electron chi connectivity index (χ3n) is 6.32. The molecule has 7 nitrogen and oxygen atoms in total. The number of carboxylic acids is 1. The summed E-state index contributed by atoms with van der Waals surface area (Å²) < 4.78 is 6.03. The van der Waals surface area contributed by atoms with E-state index in [0.29, 0.717) is 58.6 Å². The number of carboxylic acid groups (broad SMARTS) is 1. The molecule has 0 fully saturated rings. The third kappa shape index (κ3) is 5.11. The van der Waals surface area contributed by atoms with Gasteiger partial charge in [-0.25, -0.2) is 4.79 Å². The Kier molecular flexibility index (Phi) is 7.37. The van der Waals surface area contributed by atoms with Crippen LogP contribution >= 0.6 is 24.2 Å². The number of phenolic OH excluding ortho intramolecular Hbond substituents is 1. The zero-order chi connectivity index (χ0) is 26.8. The van der Waals surface area contributed by atoms with Crippen molar-refractivity contribution in [1.29, 1.82) is 0 Å². The smallest absolute Gasteiger partial charge is 0.336 e. The molecule has 0 amide bonds. The van der Waals surface area contributed by atoms with E-state index >= 15 is 0 Å². The van der Waals surface area contributed by atoms with E-state index in [4.69, 9.17) is 16.0 Å². The van der Waals surface area contributed by atoms with Gasteiger partial charge in [0, 0.05) is 65.8 Å². The maximum Gasteiger partial charge on any atom is 0.336 e. The van der Waals surface area contributed by atoms with Gasteiger partial charge in [-0.15, -0.1) is 0 Å². The van der Waals surface area contributed by atoms with Crippen LogP contribution in [0.2, 0.25) is 5.02 Å². The molecule has 0 radical (unpaired) electrons. The number of nitrogens with zero attached hydrogens (tertiary/aromatic N) is 2. The first kappa shape index (κ1) is 25.8. The Labute approximate surface area is 228 Å². The number of thiol groups is 1. The molecule has 0 unspecified atom stereocenters. The maximum absolute atomic E-state index is 12.3. The molecule has 2 aliphatic rings. The first-order valence-corrected chi connectivity index (χ1v) is 12.8. The number of hydrogen-bond donors (Lipinski definition) is 3. The fraction of sp³-hybridized carbons (Fsp3) is 0.138. The van der Waals surface area contributed by atoms with Crippen molar-refractivity contribution < 1.29 is 19.4 Å². The first-order chi connectivity index (χ1) is 18.4. The van der Waals surface area contributed by atoms with E-state index in [-0.39, 0.29) is 22.1 Å². The van der Waals surface area contributed by atoms with Gasteiger partial charge in [-0.2, -0.15) is 12.6 Å². The molecule has 0 saturated heterocycles. The summed E-state index contributed by atoms with van der Waals surface area (Å²) in [4.78, 5) is 31.0. The Balaban J connectivity index is 1.73. The molecule has 1 aliphatic carbocycles. The van der Waals surface area contributed by atoms with Gasteiger partial charge in [-0.1, -0.05) is 35.9 Å². The third-order valence-corrected chi connectivity index (χ3v) is 6.82. The van der Waals surface area contributed by atoms with Crippen molar-refractivity contribution >= 4 is 41.2 Å². The minimum absolute atomic E-state index is 0.00424. The zero-order valence-electron chi connectivity index (χ0n) is 20.1. The van der Waals surface area contributed by atoms with Gasteiger partial charge in [0.25, 0.3) is 0 Å². The second-order valence-electron chi connectivity index (χ2n) is 8.84. The van der Waals surface area contributed by atoms with E-state index < -0.39 is 11.4 Å². The van der Waals surface area contributed by atoms with Crippen molar-refractivity contribution in [3.63, 3.8) is 0 Å². The lowest BCUT2D eigenvalue weighted by atomic mass is 9.90. The number of rotatable bonds is 8. The first-order valence-electron chi connectivity index (χ1n) is 11.8. The standard InChI is InChI=1S/C29H23ClN2O5S/c30-23-12-22-27(14-25(23)34)37-26-13-24(33)17(15-32(9-10-38)16-18-5-3-4-8-31-18)11-21(26)28(22)19-6-1-2-7-20(19)29(35)36/h1-8,11-14,33,38H,9-10,15-16H2,(H,35,36). The fourth-order valence-electron chi connectivity index (χ4n) is 4.59. The molecular formula is C29H23ClN2O5S. The van der Waals surface area contributed by atoms with Crippen LogP contribution in [0.3, 0.4) is 0 Å². The molecule has 192 valence electrons. The number of benzene rings is 3. The molecule has 0 bridgehead atoms. The van der Waals surface area contributed by atoms with E-state index in [2.05, 4.69) is 22.5 Å². The number of halogens is 1. The van der Waals surface area contributed by atoms with Crippen LogP contribution in [-0.4, -0.2) is 38.4 Å². The minimum Gasteiger partial charge on any atom is -0.507 e. The predicted molar refractivity (Wildman–Crippen MR) is 150 cm³/mol. The summed E-state index contributed by atoms with van der Waals surface area (Å²) in [7, 11) is 0. The van der Waals surface area contributed by atoms with Gasteiger partial charge in [0.2, 0.25) is 5.43 Å². The van der Waals surface area contributed by atoms with Crippen LogP contribution in [0, 0.1) is 0 Å². The molecule has 0 saturated carbocycles. The number of carbonyl (C=O) groups is 1. The molecule has 2 heterocycles. The Morgan fingerprint density at radius 3 is 2.55 bits per heavy atom. The molecular weight excluding hydrogens is 524 g/mol. The number of hydrogen-bond acceptors (Lipinski definition) is 7. The predicted octanol–water partition coefficient (Wildman–Crippen LogP) is 5.95. The number of aromatic hydroxyl groups is 1. The highest BCUT2D eigenvalue weighted by atomic mass is 35.5. The van der Waals surface area contributed by atoms with E-state index in [1.165, 1.54) is 24.3 Å². The van der Waals surface area contributed by atoms with Gasteiger partial charge in [0.05, 0.1) is 16.3 Å². The summed E-state index contributed by atoms with van der Waals surface area (Å²) in [5.74, 6) is -0.238. The van der Waals surface area contributed by atoms with Crippen molar-refractivity contribution in [2.75, 3.05) is 12.3 Å². The monoisotopic (exact) mass is 546 g/mol. The lowest BCUT2D eigenvalue weighted by molar-refractivity contribution is 0.0697. The van der Waals surface area contributed by atoms with E-state index in [0.717, 1.165) is 5.69 Å². The lowest BCUT2D eigenvalue weighted by Crippen LogP contribution is -2.25. The molecule has 2 N–H and O–H groups in total. The van der Waals surface area contributed by atoms with Crippen LogP contribution in [0.15, 0.2) is 82.1 Å². The van der Waals surface area contributed by atoms with Crippen LogP contribution in [0.25, 0.3) is 33.4 Å². The molecule has 38 heavy (non-hydrogen) atoms. The summed E-state index contributed by atoms with van der Waals surface area (Å²) in [6, 6.07) is 18.4. The highest BCUT2D eigenvalue weighted by Crippen LogP contribution is 2.43. The average Bonchev–Trinajstić information content (AvgIpc) is 2.90. The molecule has 9 heteroatoms. The Morgan fingerprint density at radius 2 is 1.82 bits per heavy atom. The van der Waals surface area contributed by atoms with Gasteiger partial charge in [-0.05, 0) is 35.9 Å². The van der Waals surface area contributed by atoms with Crippen molar-refractivity contribution in [2.45, 2.75) is 13.1 Å². The van der Waals surface area contributed by atoms with Crippen molar-refractivity contribution in [2.24, 2.45) is 0 Å². The SMILES string of the molecule is O=C(O)c1ccccc1-c1c2cc(Cl)c(=O)cc-2oc2cc(O)c(CN(CCS)Cc3ccccn3)cc12. The molecule has 0 spiro atoms. The number of pyridine rings is 1. The number of phenols is 1. The van der Waals surface area contributed by atoms with Gasteiger partial charge >= 0.3 is 5.97 Å². The van der Waals surface area contributed by atoms with E-state index in [9.17, 15) is 19.8 Å². The normalized spacial score (nSPS) is 11.4. The summed E-state index contributed by atoms with van der Waals surface area (Å²) in [6.45, 7) is 1.59. The van der Waals surface area contributed by atoms with Crippen LogP contribution in [0.5, 0.6) is 5.75 Å². The fourth-order valence-corrected chi connectivity index (χ4v) is 5.04. The summed E-state index contributed by atoms with van der Waals surface area (Å²) in [6.07, 6.45) is 1.74. The van der Waals surface area contributed by atoms with Crippen LogP contribution in [-0.2, 0) is 13.1 Å². The molecule has 5 rings (SSSR count). The highest BCUT2D eigenvalue weighted by molar-refractivity contribution is 7.80. The van der Waals surface area contributed by atoms with Crippen molar-refractivity contribution in [1.82, 2.24) is 9.88 Å². The topological polar surface area (TPSA) is 104 Å². The minimum atomic E-state index is -1.09. The molecule has 0 atom stereocenters. The van der Waals surface area contributed by atoms with Gasteiger partial charge in [-0.3, -0.25) is 14.7 Å². The second-order valence-corrected chi connectivity index (χ2v) is 9.69. The Bertz CT molecular complexity index is 1670. The lowest BCUT2D eigenvalue weighted by Gasteiger charge is -2.23. The number of aromatic nitrogens is 1. The van der Waals surface area contributed by atoms with Crippen LogP contribution in [0.4, 0.5) is 0 Å². The summed E-state index contributed by atoms with van der Waals surface area (Å²) in [5.41, 5.74) is 2.96. The molecule has 2 aromatic carbocycles. The number of aromatic carboxylic acids is 1. The molecule has 1 aromatic heterocycles. The second kappa shape index (κ2) is 10.9. The quantitative estimate of drug-likeness (QED) is 0.163. The van der Waals surface area contributed by atoms with Gasteiger partial charge in [0.15, 0.2) is 0 Å². The number of fused-ring (bicyclic) bond motifs is 2. The van der Waals surface area contributed by atoms with E-state index in [1.54, 1.807) is 30.5 Å². The molecule has 1 aliphatic heterocycles. The molecule has 3 aromatic rings. The average molecular weight is 547 g/mol. The summed E-state index contributed by atoms with van der Waals surface area (Å²) >= 11 is 10.6. The van der Waals surface area contributed by atoms with Crippen molar-refractivity contribution in [3.8, 4) is 28.2 Å². The van der Waals surface area contributed by atoms with Crippen molar-refractivity contribution in [3.05, 3.63) is 105 Å². The zero-order valence-corrected chi connectivity index (χ0v) is 21.7. The van der Waals surface area contributed by atoms with Gasteiger partial charge < -0.3 is 14.6 Å². The largest absolute Gasteiger partial charge is 0.507 e. The van der Waals surface area contributed by atoms with Crippen LogP contribution in [0.1, 0.15) is 21.6 Å². The highest BCUT2D eigenvalue weighted by Gasteiger charge is 2.24.